The van der Waals surface area contributed by atoms with Crippen LogP contribution in [0, 0.1) is 18.8 Å². The molecule has 2 aliphatic carbocycles. The molecule has 14 nitrogen and oxygen atoms in total. The molecule has 0 bridgehead atoms. The van der Waals surface area contributed by atoms with Crippen molar-refractivity contribution in [1.29, 1.82) is 0 Å². The summed E-state index contributed by atoms with van der Waals surface area (Å²) >= 11 is 1.51. The summed E-state index contributed by atoms with van der Waals surface area (Å²) in [6.07, 6.45) is 11.0. The Bertz CT molecular complexity index is 2290. The first-order valence-electron chi connectivity index (χ1n) is 21.9. The van der Waals surface area contributed by atoms with E-state index in [4.69, 9.17) is 19.4 Å². The van der Waals surface area contributed by atoms with E-state index >= 15 is 0 Å². The van der Waals surface area contributed by atoms with Crippen molar-refractivity contribution in [2.75, 3.05) is 26.7 Å². The molecular formula is C45H60N6O8S2. The van der Waals surface area contributed by atoms with Crippen molar-refractivity contribution in [3.8, 4) is 22.2 Å². The van der Waals surface area contributed by atoms with Gasteiger partial charge in [-0.05, 0) is 69.9 Å². The zero-order valence-corrected chi connectivity index (χ0v) is 37.8. The Labute approximate surface area is 363 Å². The molecule has 3 aromatic rings. The number of benzene rings is 1. The number of allylic oxidation sites excluding steroid dienone is 1. The van der Waals surface area contributed by atoms with E-state index in [-0.39, 0.29) is 43.0 Å². The normalized spacial score (nSPS) is 26.1. The average molecular weight is 877 g/mol. The van der Waals surface area contributed by atoms with Gasteiger partial charge in [0.05, 0.1) is 30.1 Å². The fourth-order valence-electron chi connectivity index (χ4n) is 8.34. The van der Waals surface area contributed by atoms with E-state index < -0.39 is 44.8 Å². The number of nitrogens with zero attached hydrogens (tertiary/aromatic N) is 4. The maximum absolute atomic E-state index is 14.3. The highest BCUT2D eigenvalue weighted by Gasteiger charge is 2.62. The quantitative estimate of drug-likeness (QED) is 0.228. The Morgan fingerprint density at radius 1 is 1.07 bits per heavy atom. The maximum Gasteiger partial charge on any atom is 0.259 e. The fraction of sp³-hybridized carbons (Fsp3) is 0.600. The van der Waals surface area contributed by atoms with Crippen molar-refractivity contribution >= 4 is 55.9 Å². The van der Waals surface area contributed by atoms with Crippen LogP contribution < -0.4 is 19.5 Å². The lowest BCUT2D eigenvalue weighted by molar-refractivity contribution is -0.142. The van der Waals surface area contributed by atoms with Gasteiger partial charge in [0.25, 0.3) is 5.91 Å². The van der Waals surface area contributed by atoms with Crippen LogP contribution in [0.1, 0.15) is 115 Å². The van der Waals surface area contributed by atoms with Crippen molar-refractivity contribution in [1.82, 2.24) is 29.8 Å². The topological polar surface area (TPSA) is 177 Å². The summed E-state index contributed by atoms with van der Waals surface area (Å²) in [6, 6.07) is 4.73. The average Bonchev–Trinajstić information content (AvgIpc) is 4.09. The highest BCUT2D eigenvalue weighted by molar-refractivity contribution is 7.91. The van der Waals surface area contributed by atoms with Crippen LogP contribution in [0.5, 0.6) is 11.5 Å². The predicted octanol–water partition coefficient (Wildman–Crippen LogP) is 6.42. The van der Waals surface area contributed by atoms with E-state index in [9.17, 15) is 27.6 Å². The zero-order valence-electron chi connectivity index (χ0n) is 36.2. The third-order valence-electron chi connectivity index (χ3n) is 12.6. The molecule has 4 amide bonds. The molecule has 3 aliphatic heterocycles. The van der Waals surface area contributed by atoms with Gasteiger partial charge in [0.2, 0.25) is 27.7 Å². The van der Waals surface area contributed by atoms with E-state index in [2.05, 4.69) is 23.9 Å². The number of ether oxygens (including phenoxy) is 2. The minimum Gasteiger partial charge on any atom is -0.496 e. The molecule has 2 unspecified atom stereocenters. The first-order chi connectivity index (χ1) is 29.1. The number of pyridine rings is 1. The second kappa shape index (κ2) is 18.4. The van der Waals surface area contributed by atoms with Gasteiger partial charge in [-0.3, -0.25) is 23.9 Å². The lowest BCUT2D eigenvalue weighted by Gasteiger charge is -2.30. The van der Waals surface area contributed by atoms with E-state index in [1.807, 2.05) is 61.4 Å². The lowest BCUT2D eigenvalue weighted by Crippen LogP contribution is -2.57. The summed E-state index contributed by atoms with van der Waals surface area (Å²) in [4.78, 5) is 66.2. The summed E-state index contributed by atoms with van der Waals surface area (Å²) in [5.41, 5.74) is 1.76. The number of carbonyl (C=O) groups is 4. The second-order valence-corrected chi connectivity index (χ2v) is 20.3. The first-order valence-corrected chi connectivity index (χ1v) is 24.3. The van der Waals surface area contributed by atoms with Crippen LogP contribution in [-0.2, 0) is 29.2 Å². The highest BCUT2D eigenvalue weighted by Crippen LogP contribution is 2.46. The van der Waals surface area contributed by atoms with Gasteiger partial charge in [-0.25, -0.2) is 18.4 Å². The Kier molecular flexibility index (Phi) is 13.4. The van der Waals surface area contributed by atoms with E-state index in [1.165, 1.54) is 17.8 Å². The number of aromatic nitrogens is 2. The number of aryl methyl sites for hydroxylation is 1. The summed E-state index contributed by atoms with van der Waals surface area (Å²) in [5.74, 6) is -0.234. The molecule has 1 aromatic carbocycles. The van der Waals surface area contributed by atoms with Gasteiger partial charge in [-0.2, -0.15) is 0 Å². The molecule has 16 heteroatoms. The van der Waals surface area contributed by atoms with Crippen LogP contribution >= 0.6 is 11.3 Å². The number of carbonyl (C=O) groups excluding carboxylic acids is 4. The van der Waals surface area contributed by atoms with Crippen LogP contribution in [0.4, 0.5) is 0 Å². The van der Waals surface area contributed by atoms with Gasteiger partial charge in [0, 0.05) is 60.2 Å². The first kappa shape index (κ1) is 44.5. The molecule has 2 N–H and O–H groups in total. The smallest absolute Gasteiger partial charge is 0.259 e. The van der Waals surface area contributed by atoms with E-state index in [0.717, 1.165) is 60.4 Å². The lowest BCUT2D eigenvalue weighted by atomic mass is 10.0. The second-order valence-electron chi connectivity index (χ2n) is 17.5. The Balaban J connectivity index is 0.000000630. The highest BCUT2D eigenvalue weighted by atomic mass is 32.2. The van der Waals surface area contributed by atoms with E-state index in [0.29, 0.717) is 54.3 Å². The molecule has 2 saturated carbocycles. The number of hydrogen-bond acceptors (Lipinski definition) is 11. The maximum atomic E-state index is 14.3. The molecule has 61 heavy (non-hydrogen) atoms. The third-order valence-corrected chi connectivity index (χ3v) is 15.3. The van der Waals surface area contributed by atoms with Crippen molar-refractivity contribution in [2.24, 2.45) is 11.8 Å². The van der Waals surface area contributed by atoms with Crippen molar-refractivity contribution in [2.45, 2.75) is 134 Å². The largest absolute Gasteiger partial charge is 0.496 e. The van der Waals surface area contributed by atoms with Gasteiger partial charge in [0.1, 0.15) is 39.9 Å². The summed E-state index contributed by atoms with van der Waals surface area (Å²) < 4.78 is 40.3. The van der Waals surface area contributed by atoms with Crippen molar-refractivity contribution in [3.05, 3.63) is 47.0 Å². The fourth-order valence-corrected chi connectivity index (χ4v) is 10.6. The van der Waals surface area contributed by atoms with Gasteiger partial charge < -0.3 is 24.6 Å². The molecule has 2 aromatic heterocycles. The summed E-state index contributed by atoms with van der Waals surface area (Å²) in [6.45, 7) is 12.1. The standard InChI is InChI=1S/C39H49N5O7S2.C6H11NO/c1-22(2)30-21-52-36(41-30)29-18-33(28-15-16-32(50-5)24(4)34(28)40-29)51-26-17-31-35(45)42-39(38(47)43-53(48,49)27-13-14-27)19-25(39)12-10-8-6-7-9-11-23(3)37(46)44(31)20-26;1-2-6(8)7-4-3-5-7/h10,12,15-16,18,21-23,25-27,31H,6-9,11,13-14,17,19-20H2,1-5H3,(H,42,45)(H,43,47);2-5H2,1H3/b12-10-;/t23-,25?,26+,31?,39+;/m0./s1. The number of methoxy groups -OCH3 is 1. The minimum absolute atomic E-state index is 0.142. The van der Waals surface area contributed by atoms with Crippen LogP contribution in [0.3, 0.4) is 0 Å². The molecule has 5 heterocycles. The number of nitrogens with one attached hydrogen (secondary N) is 2. The molecule has 4 fully saturated rings. The van der Waals surface area contributed by atoms with Crippen LogP contribution in [0.15, 0.2) is 35.7 Å². The van der Waals surface area contributed by atoms with Gasteiger partial charge >= 0.3 is 0 Å². The molecular weight excluding hydrogens is 817 g/mol. The molecule has 8 rings (SSSR count). The SMILES string of the molecule is CCC(=O)N1CCC1.COc1ccc2c(O[C@@H]3CC4C(=O)N[C@]5(C(=O)NS(=O)(=O)C6CC6)CC5/C=C\CCCCC[C@H](C)C(=O)N4C3)cc(-c3nc(C(C)C)cs3)nc2c1C. The van der Waals surface area contributed by atoms with Gasteiger partial charge in [-0.15, -0.1) is 11.3 Å². The molecule has 0 spiro atoms. The number of rotatable bonds is 9. The molecule has 5 atom stereocenters. The monoisotopic (exact) mass is 876 g/mol. The number of likely N-dealkylation sites (tertiary alicyclic amines) is 1. The molecule has 5 aliphatic rings. The van der Waals surface area contributed by atoms with Gasteiger partial charge in [-0.1, -0.05) is 52.7 Å². The van der Waals surface area contributed by atoms with E-state index in [1.54, 1.807) is 12.0 Å². The summed E-state index contributed by atoms with van der Waals surface area (Å²) in [7, 11) is -2.22. The number of thiazole rings is 1. The van der Waals surface area contributed by atoms with Crippen LogP contribution in [0.25, 0.3) is 21.6 Å². The van der Waals surface area contributed by atoms with Gasteiger partial charge in [0.15, 0.2) is 0 Å². The molecule has 0 radical (unpaired) electrons. The van der Waals surface area contributed by atoms with Crippen molar-refractivity contribution < 1.29 is 37.1 Å². The van der Waals surface area contributed by atoms with Crippen LogP contribution in [-0.4, -0.2) is 101 Å². The Hall–Kier alpha value is -4.57. The van der Waals surface area contributed by atoms with Crippen molar-refractivity contribution in [3.63, 3.8) is 0 Å². The number of fused-ring (bicyclic) bond motifs is 3. The number of sulfonamides is 1. The zero-order chi connectivity index (χ0) is 43.6. The Morgan fingerprint density at radius 3 is 2.48 bits per heavy atom. The minimum atomic E-state index is -3.84. The third kappa shape index (κ3) is 9.74. The molecule has 2 saturated heterocycles. The number of amides is 4. The summed E-state index contributed by atoms with van der Waals surface area (Å²) in [5, 5.41) is 5.92. The van der Waals surface area contributed by atoms with Crippen LogP contribution in [0.2, 0.25) is 0 Å². The molecule has 330 valence electrons. The predicted molar refractivity (Wildman–Crippen MR) is 235 cm³/mol. The number of hydrogen-bond donors (Lipinski definition) is 2. The Morgan fingerprint density at radius 2 is 1.84 bits per heavy atom.